The normalized spacial score (nSPS) is 35.4. The number of carbonyl (C=O) groups is 2. The van der Waals surface area contributed by atoms with Crippen LogP contribution in [0.3, 0.4) is 0 Å². The molecule has 3 rings (SSSR count). The summed E-state index contributed by atoms with van der Waals surface area (Å²) in [5, 5.41) is 0. The highest BCUT2D eigenvalue weighted by Crippen LogP contribution is 2.61. The summed E-state index contributed by atoms with van der Waals surface area (Å²) in [7, 11) is 0. The third-order valence-corrected chi connectivity index (χ3v) is 5.97. The van der Waals surface area contributed by atoms with E-state index in [-0.39, 0.29) is 29.4 Å². The fourth-order valence-corrected chi connectivity index (χ4v) is 5.17. The van der Waals surface area contributed by atoms with E-state index in [1.165, 1.54) is 12.5 Å². The Hall–Kier alpha value is -1.84. The molecule has 0 aromatic heterocycles. The van der Waals surface area contributed by atoms with E-state index in [9.17, 15) is 9.59 Å². The lowest BCUT2D eigenvalue weighted by Crippen LogP contribution is -2.56. The quantitative estimate of drug-likeness (QED) is 0.806. The van der Waals surface area contributed by atoms with Crippen molar-refractivity contribution in [3.63, 3.8) is 0 Å². The number of ether oxygens (including phenoxy) is 1. The number of hydrogen-bond acceptors (Lipinski definition) is 3. The second kappa shape index (κ2) is 5.66. The fourth-order valence-electron chi connectivity index (χ4n) is 5.17. The minimum Gasteiger partial charge on any atom is -0.465 e. The van der Waals surface area contributed by atoms with Gasteiger partial charge in [0.25, 0.3) is 0 Å². The molecule has 1 aromatic rings. The van der Waals surface area contributed by atoms with Crippen LogP contribution in [0.2, 0.25) is 0 Å². The summed E-state index contributed by atoms with van der Waals surface area (Å²) in [4.78, 5) is 25.6. The first-order valence-electron chi connectivity index (χ1n) is 8.35. The average molecular weight is 315 g/mol. The monoisotopic (exact) mass is 315 g/mol. The number of fused-ring (bicyclic) bond motifs is 2. The Morgan fingerprint density at radius 2 is 1.91 bits per heavy atom. The number of benzene rings is 1. The van der Waals surface area contributed by atoms with Crippen molar-refractivity contribution in [2.24, 2.45) is 11.8 Å². The van der Waals surface area contributed by atoms with Crippen LogP contribution in [0.5, 0.6) is 0 Å². The number of nitrogens with zero attached hydrogens (tertiary/aromatic N) is 1. The zero-order valence-electron chi connectivity index (χ0n) is 14.3. The Morgan fingerprint density at radius 3 is 2.48 bits per heavy atom. The first kappa shape index (κ1) is 16.0. The highest BCUT2D eigenvalue weighted by molar-refractivity contribution is 5.76. The van der Waals surface area contributed by atoms with Crippen LogP contribution in [0.1, 0.15) is 45.6 Å². The molecule has 0 radical (unpaired) electrons. The van der Waals surface area contributed by atoms with Gasteiger partial charge in [-0.2, -0.15) is 0 Å². The van der Waals surface area contributed by atoms with Crippen molar-refractivity contribution in [3.8, 4) is 0 Å². The molecular weight excluding hydrogens is 290 g/mol. The lowest BCUT2D eigenvalue weighted by Gasteiger charge is -2.45. The molecule has 1 heterocycles. The molecule has 1 aromatic carbocycles. The van der Waals surface area contributed by atoms with E-state index in [0.29, 0.717) is 18.4 Å². The van der Waals surface area contributed by atoms with Gasteiger partial charge in [-0.15, -0.1) is 0 Å². The second-order valence-corrected chi connectivity index (χ2v) is 7.14. The second-order valence-electron chi connectivity index (χ2n) is 7.14. The van der Waals surface area contributed by atoms with Gasteiger partial charge in [0, 0.05) is 31.7 Å². The third kappa shape index (κ3) is 2.35. The van der Waals surface area contributed by atoms with E-state index in [1.807, 2.05) is 11.0 Å². The van der Waals surface area contributed by atoms with Crippen molar-refractivity contribution in [2.75, 3.05) is 6.61 Å². The molecule has 0 spiro atoms. The van der Waals surface area contributed by atoms with Gasteiger partial charge in [0.15, 0.2) is 0 Å². The lowest BCUT2D eigenvalue weighted by atomic mass is 9.78. The zero-order valence-corrected chi connectivity index (χ0v) is 14.3. The topological polar surface area (TPSA) is 46.6 Å². The minimum absolute atomic E-state index is 0.107. The van der Waals surface area contributed by atoms with Crippen molar-refractivity contribution in [1.82, 2.24) is 4.90 Å². The van der Waals surface area contributed by atoms with Crippen LogP contribution >= 0.6 is 0 Å². The predicted octanol–water partition coefficient (Wildman–Crippen LogP) is 2.98. The summed E-state index contributed by atoms with van der Waals surface area (Å²) in [6.07, 6.45) is 0.994. The molecule has 4 heteroatoms. The maximum absolute atomic E-state index is 12.3. The van der Waals surface area contributed by atoms with Crippen LogP contribution in [0.25, 0.3) is 0 Å². The number of likely N-dealkylation sites (tertiary alicyclic amines) is 1. The molecule has 4 nitrogen and oxygen atoms in total. The van der Waals surface area contributed by atoms with Crippen molar-refractivity contribution < 1.29 is 14.3 Å². The van der Waals surface area contributed by atoms with Crippen molar-refractivity contribution in [3.05, 3.63) is 35.9 Å². The Morgan fingerprint density at radius 1 is 1.26 bits per heavy atom. The maximum atomic E-state index is 12.3. The summed E-state index contributed by atoms with van der Waals surface area (Å²) in [5.41, 5.74) is 0.980. The van der Waals surface area contributed by atoms with Gasteiger partial charge in [0.2, 0.25) is 5.91 Å². The van der Waals surface area contributed by atoms with Crippen LogP contribution in [0.15, 0.2) is 30.3 Å². The number of piperidine rings is 1. The molecule has 2 fully saturated rings. The van der Waals surface area contributed by atoms with E-state index >= 15 is 0 Å². The van der Waals surface area contributed by atoms with E-state index in [2.05, 4.69) is 38.1 Å². The Balaban J connectivity index is 2.00. The first-order valence-corrected chi connectivity index (χ1v) is 8.35. The predicted molar refractivity (Wildman–Crippen MR) is 87.8 cm³/mol. The van der Waals surface area contributed by atoms with Gasteiger partial charge in [-0.25, -0.2) is 0 Å². The largest absolute Gasteiger partial charge is 0.465 e. The van der Waals surface area contributed by atoms with E-state index < -0.39 is 0 Å². The fraction of sp³-hybridized carbons (Fsp3) is 0.579. The molecule has 1 saturated carbocycles. The molecule has 1 amide bonds. The van der Waals surface area contributed by atoms with Crippen LogP contribution in [-0.4, -0.2) is 35.0 Å². The van der Waals surface area contributed by atoms with Crippen LogP contribution in [0, 0.1) is 11.8 Å². The van der Waals surface area contributed by atoms with Crippen molar-refractivity contribution in [1.29, 1.82) is 0 Å². The average Bonchev–Trinajstić information content (AvgIpc) is 2.90. The van der Waals surface area contributed by atoms with Gasteiger partial charge in [0.05, 0.1) is 12.1 Å². The van der Waals surface area contributed by atoms with Gasteiger partial charge in [-0.05, 0) is 31.7 Å². The van der Waals surface area contributed by atoms with E-state index in [1.54, 1.807) is 6.92 Å². The molecule has 5 atom stereocenters. The number of rotatable bonds is 3. The summed E-state index contributed by atoms with van der Waals surface area (Å²) in [6, 6.07) is 10.7. The standard InChI is InChI=1S/C19H25NO3/c1-12-17-10-16(11-23-14(3)22)19(4,20(12)13(2)21)18(17)15-8-6-5-7-9-15/h5-9,12,16-18H,10-11H2,1-4H3/t12?,16-,17+,18-,19+/m0/s1. The number of esters is 1. The smallest absolute Gasteiger partial charge is 0.302 e. The molecule has 1 unspecified atom stereocenters. The Labute approximate surface area is 137 Å². The SMILES string of the molecule is CC(=O)OC[C@@H]1C[C@@H]2C(C)N(C(C)=O)[C@@]1(C)[C@H]2c1ccccc1. The Bertz CT molecular complexity index is 614. The van der Waals surface area contributed by atoms with Crippen molar-refractivity contribution >= 4 is 11.9 Å². The molecule has 2 bridgehead atoms. The number of amides is 1. The van der Waals surface area contributed by atoms with E-state index in [0.717, 1.165) is 6.42 Å². The first-order chi connectivity index (χ1) is 10.9. The lowest BCUT2D eigenvalue weighted by molar-refractivity contribution is -0.147. The molecule has 23 heavy (non-hydrogen) atoms. The maximum Gasteiger partial charge on any atom is 0.302 e. The van der Waals surface area contributed by atoms with Crippen molar-refractivity contribution in [2.45, 2.75) is 51.6 Å². The van der Waals surface area contributed by atoms with E-state index in [4.69, 9.17) is 4.74 Å². The molecule has 124 valence electrons. The molecule has 0 N–H and O–H groups in total. The molecule has 1 aliphatic heterocycles. The van der Waals surface area contributed by atoms with Gasteiger partial charge in [-0.3, -0.25) is 9.59 Å². The van der Waals surface area contributed by atoms with Crippen LogP contribution in [0.4, 0.5) is 0 Å². The molecule has 1 saturated heterocycles. The zero-order chi connectivity index (χ0) is 16.8. The van der Waals surface area contributed by atoms with Gasteiger partial charge in [-0.1, -0.05) is 30.3 Å². The van der Waals surface area contributed by atoms with Crippen LogP contribution < -0.4 is 0 Å². The minimum atomic E-state index is -0.299. The highest BCUT2D eigenvalue weighted by atomic mass is 16.5. The van der Waals surface area contributed by atoms with Gasteiger partial charge < -0.3 is 9.64 Å². The summed E-state index contributed by atoms with van der Waals surface area (Å²) in [6.45, 7) is 7.80. The molecule has 1 aliphatic carbocycles. The molecular formula is C19H25NO3. The van der Waals surface area contributed by atoms with Crippen LogP contribution in [-0.2, 0) is 14.3 Å². The molecule has 2 aliphatic rings. The summed E-state index contributed by atoms with van der Waals surface area (Å²) < 4.78 is 5.31. The summed E-state index contributed by atoms with van der Waals surface area (Å²) >= 11 is 0. The number of carbonyl (C=O) groups excluding carboxylic acids is 2. The third-order valence-electron chi connectivity index (χ3n) is 5.97. The Kier molecular flexibility index (Phi) is 3.95. The highest BCUT2D eigenvalue weighted by Gasteiger charge is 2.65. The van der Waals surface area contributed by atoms with Gasteiger partial charge >= 0.3 is 5.97 Å². The summed E-state index contributed by atoms with van der Waals surface area (Å²) in [5.74, 6) is 0.739. The van der Waals surface area contributed by atoms with Gasteiger partial charge in [0.1, 0.15) is 0 Å². The number of hydrogen-bond donors (Lipinski definition) is 0.